The topological polar surface area (TPSA) is 0 Å². The first-order valence-corrected chi connectivity index (χ1v) is 14.4. The molecule has 0 amide bonds. The molecule has 38 heavy (non-hydrogen) atoms. The summed E-state index contributed by atoms with van der Waals surface area (Å²) >= 11 is 3.73. The van der Waals surface area contributed by atoms with E-state index >= 15 is 0 Å². The fourth-order valence-corrected chi connectivity index (χ4v) is 7.30. The second-order valence-corrected chi connectivity index (χ2v) is 11.5. The molecule has 0 atom stereocenters. The quantitative estimate of drug-likeness (QED) is 0.222. The van der Waals surface area contributed by atoms with Crippen molar-refractivity contribution in [3.05, 3.63) is 146 Å². The summed E-state index contributed by atoms with van der Waals surface area (Å²) in [6.45, 7) is 0. The first-order valence-electron chi connectivity index (χ1n) is 12.8. The molecule has 180 valence electrons. The zero-order valence-corrected chi connectivity index (χ0v) is 22.3. The van der Waals surface area contributed by atoms with Gasteiger partial charge in [-0.3, -0.25) is 0 Å². The molecule has 0 saturated heterocycles. The largest absolute Gasteiger partial charge is 0.0888 e. The molecule has 6 aromatic rings. The third kappa shape index (κ3) is 4.36. The summed E-state index contributed by atoms with van der Waals surface area (Å²) in [5, 5.41) is 0. The summed E-state index contributed by atoms with van der Waals surface area (Å²) in [7, 11) is 0. The van der Waals surface area contributed by atoms with Crippen LogP contribution in [0.1, 0.15) is 0 Å². The molecule has 7 rings (SSSR count). The van der Waals surface area contributed by atoms with Crippen molar-refractivity contribution < 1.29 is 0 Å². The lowest BCUT2D eigenvalue weighted by Gasteiger charge is -2.21. The molecule has 0 aliphatic carbocycles. The second kappa shape index (κ2) is 10.1. The Kier molecular flexibility index (Phi) is 6.13. The third-order valence-electron chi connectivity index (χ3n) is 6.97. The molecule has 0 nitrogen and oxygen atoms in total. The minimum atomic E-state index is 1.23. The average molecular weight is 521 g/mol. The van der Waals surface area contributed by atoms with Crippen LogP contribution in [0.3, 0.4) is 0 Å². The van der Waals surface area contributed by atoms with Crippen molar-refractivity contribution in [1.82, 2.24) is 0 Å². The molecule has 0 fully saturated rings. The predicted octanol–water partition coefficient (Wildman–Crippen LogP) is 11.0. The predicted molar refractivity (Wildman–Crippen MR) is 163 cm³/mol. The summed E-state index contributed by atoms with van der Waals surface area (Å²) in [6, 6.07) is 52.8. The summed E-state index contributed by atoms with van der Waals surface area (Å²) in [5.41, 5.74) is 10.0. The van der Waals surface area contributed by atoms with Crippen LogP contribution in [0.25, 0.3) is 44.5 Å². The maximum absolute atomic E-state index is 2.37. The molecular formula is C36H24S2. The van der Waals surface area contributed by atoms with Gasteiger partial charge in [0.05, 0.1) is 0 Å². The summed E-state index contributed by atoms with van der Waals surface area (Å²) < 4.78 is 0. The van der Waals surface area contributed by atoms with Gasteiger partial charge in [-0.1, -0.05) is 139 Å². The highest BCUT2D eigenvalue weighted by molar-refractivity contribution is 8.00. The van der Waals surface area contributed by atoms with E-state index < -0.39 is 0 Å². The van der Waals surface area contributed by atoms with Crippen molar-refractivity contribution in [2.24, 2.45) is 0 Å². The zero-order valence-electron chi connectivity index (χ0n) is 20.7. The van der Waals surface area contributed by atoms with Crippen LogP contribution in [0, 0.1) is 0 Å². The number of benzene rings is 6. The van der Waals surface area contributed by atoms with E-state index in [2.05, 4.69) is 146 Å². The van der Waals surface area contributed by atoms with Crippen LogP contribution in [0.15, 0.2) is 165 Å². The molecule has 0 radical (unpaired) electrons. The first kappa shape index (κ1) is 23.2. The molecule has 1 aliphatic heterocycles. The van der Waals surface area contributed by atoms with E-state index in [0.29, 0.717) is 0 Å². The lowest BCUT2D eigenvalue weighted by Crippen LogP contribution is -1.93. The minimum Gasteiger partial charge on any atom is -0.0888 e. The number of hydrogen-bond donors (Lipinski definition) is 0. The van der Waals surface area contributed by atoms with Crippen LogP contribution < -0.4 is 0 Å². The SMILES string of the molecule is c1ccc(-c2ccc3c(c2)Sc2ccccc2-c2ccccc2Sc2ccc(-c4ccccc4)cc2-3)cc1. The molecule has 1 aliphatic rings. The molecule has 0 saturated carbocycles. The summed E-state index contributed by atoms with van der Waals surface area (Å²) in [4.78, 5) is 5.09. The lowest BCUT2D eigenvalue weighted by molar-refractivity contribution is 1.32. The Morgan fingerprint density at radius 1 is 0.263 bits per heavy atom. The fourth-order valence-electron chi connectivity index (χ4n) is 5.07. The van der Waals surface area contributed by atoms with Crippen LogP contribution in [-0.4, -0.2) is 0 Å². The highest BCUT2D eigenvalue weighted by Gasteiger charge is 2.20. The third-order valence-corrected chi connectivity index (χ3v) is 9.26. The van der Waals surface area contributed by atoms with Gasteiger partial charge in [0.1, 0.15) is 0 Å². The minimum absolute atomic E-state index is 1.23. The number of fused-ring (bicyclic) bond motifs is 6. The molecule has 1 heterocycles. The Labute approximate surface area is 232 Å². The molecule has 0 N–H and O–H groups in total. The zero-order chi connectivity index (χ0) is 25.3. The molecule has 0 aromatic heterocycles. The highest BCUT2D eigenvalue weighted by Crippen LogP contribution is 2.49. The first-order chi connectivity index (χ1) is 18.8. The van der Waals surface area contributed by atoms with Gasteiger partial charge < -0.3 is 0 Å². The molecular weight excluding hydrogens is 497 g/mol. The second-order valence-electron chi connectivity index (χ2n) is 9.35. The van der Waals surface area contributed by atoms with Gasteiger partial charge in [-0.05, 0) is 74.8 Å². The van der Waals surface area contributed by atoms with E-state index in [1.165, 1.54) is 64.1 Å². The molecule has 0 bridgehead atoms. The van der Waals surface area contributed by atoms with Gasteiger partial charge >= 0.3 is 0 Å². The fraction of sp³-hybridized carbons (Fsp3) is 0. The van der Waals surface area contributed by atoms with Crippen LogP contribution >= 0.6 is 23.5 Å². The van der Waals surface area contributed by atoms with Crippen molar-refractivity contribution in [3.63, 3.8) is 0 Å². The van der Waals surface area contributed by atoms with Gasteiger partial charge in [-0.2, -0.15) is 0 Å². The Morgan fingerprint density at radius 3 is 1.34 bits per heavy atom. The van der Waals surface area contributed by atoms with Crippen LogP contribution in [0.5, 0.6) is 0 Å². The van der Waals surface area contributed by atoms with E-state index in [9.17, 15) is 0 Å². The number of hydrogen-bond acceptors (Lipinski definition) is 2. The van der Waals surface area contributed by atoms with E-state index in [1.54, 1.807) is 0 Å². The van der Waals surface area contributed by atoms with Gasteiger partial charge in [-0.25, -0.2) is 0 Å². The summed E-state index contributed by atoms with van der Waals surface area (Å²) in [5.74, 6) is 0. The Bertz CT molecular complexity index is 1750. The molecule has 0 unspecified atom stereocenters. The Morgan fingerprint density at radius 2 is 0.711 bits per heavy atom. The summed E-state index contributed by atoms with van der Waals surface area (Å²) in [6.07, 6.45) is 0. The van der Waals surface area contributed by atoms with Crippen molar-refractivity contribution in [2.45, 2.75) is 19.6 Å². The van der Waals surface area contributed by atoms with E-state index in [-0.39, 0.29) is 0 Å². The smallest absolute Gasteiger partial charge is 0.0207 e. The van der Waals surface area contributed by atoms with Gasteiger partial charge in [0.25, 0.3) is 0 Å². The van der Waals surface area contributed by atoms with Gasteiger partial charge in [0, 0.05) is 19.6 Å². The average Bonchev–Trinajstić information content (AvgIpc) is 2.99. The van der Waals surface area contributed by atoms with Crippen LogP contribution in [-0.2, 0) is 0 Å². The van der Waals surface area contributed by atoms with Crippen LogP contribution in [0.4, 0.5) is 0 Å². The van der Waals surface area contributed by atoms with E-state index in [0.717, 1.165) is 0 Å². The van der Waals surface area contributed by atoms with Crippen LogP contribution in [0.2, 0.25) is 0 Å². The standard InChI is InChI=1S/C36H24S2/c1-3-11-25(12-4-1)27-20-22-35-32(23-27)31-21-19-28(26-13-5-2-6-14-26)24-36(31)38-34-18-10-8-16-30(34)29-15-7-9-17-33(29)37-35/h1-24H. The van der Waals surface area contributed by atoms with E-state index in [4.69, 9.17) is 0 Å². The number of rotatable bonds is 2. The molecule has 2 heteroatoms. The van der Waals surface area contributed by atoms with Gasteiger partial charge in [0.2, 0.25) is 0 Å². The van der Waals surface area contributed by atoms with Crippen molar-refractivity contribution in [1.29, 1.82) is 0 Å². The van der Waals surface area contributed by atoms with Crippen molar-refractivity contribution in [3.8, 4) is 44.5 Å². The Hall–Kier alpha value is -3.98. The molecule has 0 spiro atoms. The van der Waals surface area contributed by atoms with Gasteiger partial charge in [-0.15, -0.1) is 0 Å². The van der Waals surface area contributed by atoms with Crippen molar-refractivity contribution >= 4 is 23.5 Å². The van der Waals surface area contributed by atoms with Crippen molar-refractivity contribution in [2.75, 3.05) is 0 Å². The lowest BCUT2D eigenvalue weighted by atomic mass is 9.97. The molecule has 6 aromatic carbocycles. The Balaban J connectivity index is 1.50. The van der Waals surface area contributed by atoms with Gasteiger partial charge in [0.15, 0.2) is 0 Å². The maximum Gasteiger partial charge on any atom is 0.0207 e. The normalized spacial score (nSPS) is 12.0. The highest BCUT2D eigenvalue weighted by atomic mass is 32.2. The monoisotopic (exact) mass is 520 g/mol. The van der Waals surface area contributed by atoms with E-state index in [1.807, 2.05) is 23.5 Å². The maximum atomic E-state index is 2.37.